The first kappa shape index (κ1) is 15.9. The molecule has 1 aromatic carbocycles. The van der Waals surface area contributed by atoms with Crippen molar-refractivity contribution in [1.82, 2.24) is 15.1 Å². The molecule has 2 aromatic rings. The van der Waals surface area contributed by atoms with E-state index in [1.807, 2.05) is 23.9 Å². The van der Waals surface area contributed by atoms with Crippen molar-refractivity contribution in [3.05, 3.63) is 41.7 Å². The fraction of sp³-hybridized carbons (Fsp3) is 0.375. The highest BCUT2D eigenvalue weighted by atomic mass is 16.5. The van der Waals surface area contributed by atoms with Crippen LogP contribution in [-0.4, -0.2) is 36.5 Å². The van der Waals surface area contributed by atoms with Crippen molar-refractivity contribution < 1.29 is 14.3 Å². The Labute approximate surface area is 130 Å². The smallest absolute Gasteiger partial charge is 0.251 e. The predicted molar refractivity (Wildman–Crippen MR) is 83.5 cm³/mol. The van der Waals surface area contributed by atoms with Crippen LogP contribution in [0.25, 0.3) is 0 Å². The summed E-state index contributed by atoms with van der Waals surface area (Å²) in [7, 11) is 3.15. The van der Waals surface area contributed by atoms with Crippen molar-refractivity contribution in [3.8, 4) is 11.5 Å². The molecule has 1 N–H and O–H groups in total. The molecule has 0 bridgehead atoms. The second-order valence-electron chi connectivity index (χ2n) is 4.88. The van der Waals surface area contributed by atoms with Crippen molar-refractivity contribution in [2.75, 3.05) is 20.8 Å². The molecule has 0 radical (unpaired) electrons. The Bertz CT molecular complexity index is 599. The topological polar surface area (TPSA) is 65.4 Å². The number of hydrogen-bond donors (Lipinski definition) is 1. The van der Waals surface area contributed by atoms with Gasteiger partial charge in [0.1, 0.15) is 11.5 Å². The number of hydrogen-bond acceptors (Lipinski definition) is 4. The first-order valence-corrected chi connectivity index (χ1v) is 7.14. The molecule has 1 amide bonds. The lowest BCUT2D eigenvalue weighted by Crippen LogP contribution is -2.25. The van der Waals surface area contributed by atoms with E-state index >= 15 is 0 Å². The maximum Gasteiger partial charge on any atom is 0.251 e. The summed E-state index contributed by atoms with van der Waals surface area (Å²) in [6, 6.07) is 5.32. The van der Waals surface area contributed by atoms with Crippen molar-refractivity contribution >= 4 is 5.91 Å². The monoisotopic (exact) mass is 303 g/mol. The van der Waals surface area contributed by atoms with E-state index in [0.717, 1.165) is 18.5 Å². The normalized spacial score (nSPS) is 10.3. The van der Waals surface area contributed by atoms with E-state index in [4.69, 9.17) is 9.47 Å². The number of nitrogens with zero attached hydrogens (tertiary/aromatic N) is 2. The number of carbonyl (C=O) groups is 1. The Morgan fingerprint density at radius 3 is 2.50 bits per heavy atom. The van der Waals surface area contributed by atoms with Crippen molar-refractivity contribution in [1.29, 1.82) is 0 Å². The van der Waals surface area contributed by atoms with Gasteiger partial charge in [-0.2, -0.15) is 5.10 Å². The van der Waals surface area contributed by atoms with E-state index < -0.39 is 0 Å². The lowest BCUT2D eigenvalue weighted by atomic mass is 10.1. The molecular weight excluding hydrogens is 282 g/mol. The average Bonchev–Trinajstić information content (AvgIpc) is 3.05. The third-order valence-electron chi connectivity index (χ3n) is 3.42. The molecule has 6 heteroatoms. The lowest BCUT2D eigenvalue weighted by Gasteiger charge is -2.12. The van der Waals surface area contributed by atoms with Gasteiger partial charge in [-0.3, -0.25) is 9.48 Å². The summed E-state index contributed by atoms with van der Waals surface area (Å²) in [5.41, 5.74) is 1.40. The Morgan fingerprint density at radius 1 is 1.27 bits per heavy atom. The maximum absolute atomic E-state index is 12.2. The molecule has 0 saturated carbocycles. The second-order valence-corrected chi connectivity index (χ2v) is 4.88. The molecular formula is C16H21N3O3. The zero-order chi connectivity index (χ0) is 15.9. The molecule has 6 nitrogen and oxygen atoms in total. The van der Waals surface area contributed by atoms with Crippen LogP contribution in [0.2, 0.25) is 0 Å². The summed E-state index contributed by atoms with van der Waals surface area (Å²) >= 11 is 0. The van der Waals surface area contributed by atoms with Gasteiger partial charge in [-0.15, -0.1) is 0 Å². The van der Waals surface area contributed by atoms with E-state index in [2.05, 4.69) is 10.4 Å². The fourth-order valence-corrected chi connectivity index (χ4v) is 2.19. The molecule has 0 aliphatic heterocycles. The third kappa shape index (κ3) is 3.78. The molecule has 2 rings (SSSR count). The van der Waals surface area contributed by atoms with Gasteiger partial charge in [-0.25, -0.2) is 0 Å². The molecule has 0 aliphatic rings. The van der Waals surface area contributed by atoms with Crippen LogP contribution >= 0.6 is 0 Å². The zero-order valence-corrected chi connectivity index (χ0v) is 13.1. The summed E-state index contributed by atoms with van der Waals surface area (Å²) < 4.78 is 12.4. The molecule has 0 unspecified atom stereocenters. The summed E-state index contributed by atoms with van der Waals surface area (Å²) in [4.78, 5) is 12.2. The van der Waals surface area contributed by atoms with Crippen LogP contribution in [0.15, 0.2) is 30.6 Å². The van der Waals surface area contributed by atoms with Crippen LogP contribution in [-0.2, 0) is 6.54 Å². The minimum atomic E-state index is -0.142. The number of ether oxygens (including phenoxy) is 2. The van der Waals surface area contributed by atoms with E-state index in [1.54, 1.807) is 32.5 Å². The highest BCUT2D eigenvalue weighted by Gasteiger charge is 2.13. The molecule has 0 fully saturated rings. The number of carbonyl (C=O) groups excluding carboxylic acids is 1. The molecule has 118 valence electrons. The van der Waals surface area contributed by atoms with Gasteiger partial charge in [0.2, 0.25) is 0 Å². The van der Waals surface area contributed by atoms with Gasteiger partial charge in [-0.1, -0.05) is 0 Å². The quantitative estimate of drug-likeness (QED) is 0.795. The van der Waals surface area contributed by atoms with E-state index in [9.17, 15) is 4.79 Å². The SMILES string of the molecule is COc1cc(C(=O)NCCCn2cccn2)cc(OC)c1C. The molecule has 22 heavy (non-hydrogen) atoms. The number of rotatable bonds is 7. The number of amides is 1. The van der Waals surface area contributed by atoms with Gasteiger partial charge < -0.3 is 14.8 Å². The Balaban J connectivity index is 1.94. The standard InChI is InChI=1S/C16H21N3O3/c1-12-14(21-2)10-13(11-15(12)22-3)16(20)17-6-4-8-19-9-5-7-18-19/h5,7,9-11H,4,6,8H2,1-3H3,(H,17,20). The summed E-state index contributed by atoms with van der Waals surface area (Å²) in [5.74, 6) is 1.14. The molecule has 0 saturated heterocycles. The number of benzene rings is 1. The molecule has 1 heterocycles. The number of aryl methyl sites for hydroxylation is 1. The molecule has 0 aliphatic carbocycles. The minimum absolute atomic E-state index is 0.142. The molecule has 0 atom stereocenters. The summed E-state index contributed by atoms with van der Waals surface area (Å²) in [6.07, 6.45) is 4.45. The van der Waals surface area contributed by atoms with Crippen LogP contribution in [0, 0.1) is 6.92 Å². The first-order chi connectivity index (χ1) is 10.7. The van der Waals surface area contributed by atoms with Crippen molar-refractivity contribution in [2.45, 2.75) is 19.9 Å². The zero-order valence-electron chi connectivity index (χ0n) is 13.1. The summed E-state index contributed by atoms with van der Waals surface area (Å²) in [6.45, 7) is 3.24. The van der Waals surface area contributed by atoms with E-state index in [-0.39, 0.29) is 5.91 Å². The van der Waals surface area contributed by atoms with Crippen LogP contribution in [0.4, 0.5) is 0 Å². The second kappa shape index (κ2) is 7.49. The largest absolute Gasteiger partial charge is 0.496 e. The van der Waals surface area contributed by atoms with Gasteiger partial charge in [0.15, 0.2) is 0 Å². The van der Waals surface area contributed by atoms with Gasteiger partial charge >= 0.3 is 0 Å². The number of methoxy groups -OCH3 is 2. The van der Waals surface area contributed by atoms with Crippen molar-refractivity contribution in [2.24, 2.45) is 0 Å². The lowest BCUT2D eigenvalue weighted by molar-refractivity contribution is 0.0952. The van der Waals surface area contributed by atoms with Gasteiger partial charge in [0, 0.05) is 36.6 Å². The number of nitrogens with one attached hydrogen (secondary N) is 1. The van der Waals surface area contributed by atoms with Gasteiger partial charge in [0.25, 0.3) is 5.91 Å². The third-order valence-corrected chi connectivity index (χ3v) is 3.42. The Morgan fingerprint density at radius 2 is 1.95 bits per heavy atom. The Kier molecular flexibility index (Phi) is 5.41. The molecule has 1 aromatic heterocycles. The highest BCUT2D eigenvalue weighted by Crippen LogP contribution is 2.29. The van der Waals surface area contributed by atoms with Crippen LogP contribution in [0.5, 0.6) is 11.5 Å². The molecule has 0 spiro atoms. The minimum Gasteiger partial charge on any atom is -0.496 e. The Hall–Kier alpha value is -2.50. The van der Waals surface area contributed by atoms with Crippen LogP contribution in [0.1, 0.15) is 22.3 Å². The summed E-state index contributed by atoms with van der Waals surface area (Å²) in [5, 5.41) is 7.01. The highest BCUT2D eigenvalue weighted by molar-refractivity contribution is 5.95. The van der Waals surface area contributed by atoms with Gasteiger partial charge in [-0.05, 0) is 31.5 Å². The first-order valence-electron chi connectivity index (χ1n) is 7.14. The van der Waals surface area contributed by atoms with E-state index in [0.29, 0.717) is 23.6 Å². The number of aromatic nitrogens is 2. The fourth-order valence-electron chi connectivity index (χ4n) is 2.19. The van der Waals surface area contributed by atoms with Crippen molar-refractivity contribution in [3.63, 3.8) is 0 Å². The van der Waals surface area contributed by atoms with E-state index in [1.165, 1.54) is 0 Å². The van der Waals surface area contributed by atoms with Crippen LogP contribution in [0.3, 0.4) is 0 Å². The predicted octanol–water partition coefficient (Wildman–Crippen LogP) is 2.03. The maximum atomic E-state index is 12.2. The average molecular weight is 303 g/mol. The van der Waals surface area contributed by atoms with Crippen LogP contribution < -0.4 is 14.8 Å². The van der Waals surface area contributed by atoms with Gasteiger partial charge in [0.05, 0.1) is 14.2 Å².